The van der Waals surface area contributed by atoms with Crippen LogP contribution < -0.4 is 0 Å². The van der Waals surface area contributed by atoms with Crippen LogP contribution in [0.4, 0.5) is 4.39 Å². The highest BCUT2D eigenvalue weighted by atomic mass is 35.5. The van der Waals surface area contributed by atoms with E-state index in [1.54, 1.807) is 13.0 Å². The molecule has 0 aromatic carbocycles. The molecule has 188 valence electrons. The summed E-state index contributed by atoms with van der Waals surface area (Å²) >= 11 is 7.34. The first kappa shape index (κ1) is 25.5. The van der Waals surface area contributed by atoms with Crippen molar-refractivity contribution in [3.8, 4) is 0 Å². The highest BCUT2D eigenvalue weighted by molar-refractivity contribution is 6.26. The van der Waals surface area contributed by atoms with E-state index in [0.717, 1.165) is 0 Å². The quantitative estimate of drug-likeness (QED) is 0.443. The average molecular weight is 497 g/mol. The number of aliphatic hydroxyl groups is 2. The van der Waals surface area contributed by atoms with E-state index >= 15 is 0 Å². The van der Waals surface area contributed by atoms with E-state index in [-0.39, 0.29) is 24.7 Å². The molecule has 8 heteroatoms. The molecule has 0 radical (unpaired) electrons. The lowest BCUT2D eigenvalue weighted by Gasteiger charge is -2.64. The van der Waals surface area contributed by atoms with Crippen LogP contribution in [0.15, 0.2) is 23.6 Å². The zero-order valence-corrected chi connectivity index (χ0v) is 21.0. The topological polar surface area (TPSA) is 101 Å². The molecule has 0 saturated heterocycles. The molecule has 4 aliphatic carbocycles. The summed E-state index contributed by atoms with van der Waals surface area (Å²) < 4.78 is 20.9. The van der Waals surface area contributed by atoms with E-state index in [4.69, 9.17) is 16.3 Å². The molecule has 0 spiro atoms. The normalized spacial score (nSPS) is 45.5. The molecule has 4 rings (SSSR count). The minimum atomic E-state index is -1.58. The second-order valence-electron chi connectivity index (χ2n) is 11.0. The van der Waals surface area contributed by atoms with Crippen LogP contribution in [-0.2, 0) is 19.1 Å². The van der Waals surface area contributed by atoms with Crippen LogP contribution in [0.2, 0.25) is 0 Å². The lowest BCUT2D eigenvalue weighted by atomic mass is 9.45. The number of carbonyl (C=O) groups excluding carboxylic acids is 3. The second-order valence-corrected chi connectivity index (χ2v) is 11.7. The monoisotopic (exact) mass is 496 g/mol. The van der Waals surface area contributed by atoms with E-state index in [0.29, 0.717) is 31.3 Å². The summed E-state index contributed by atoms with van der Waals surface area (Å²) in [6.07, 6.45) is 3.61. The van der Waals surface area contributed by atoms with Crippen molar-refractivity contribution < 1.29 is 33.7 Å². The van der Waals surface area contributed by atoms with Gasteiger partial charge >= 0.3 is 5.97 Å². The number of esters is 1. The Morgan fingerprint density at radius 3 is 2.59 bits per heavy atom. The average Bonchev–Trinajstić information content (AvgIpc) is 2.99. The number of hydrogen-bond acceptors (Lipinski definition) is 6. The van der Waals surface area contributed by atoms with E-state index in [1.165, 1.54) is 6.08 Å². The minimum Gasteiger partial charge on any atom is -0.450 e. The molecule has 8 atom stereocenters. The molecule has 6 nitrogen and oxygen atoms in total. The van der Waals surface area contributed by atoms with Gasteiger partial charge in [0, 0.05) is 23.2 Å². The first-order valence-electron chi connectivity index (χ1n) is 12.2. The number of alkyl halides is 1. The minimum absolute atomic E-state index is 0.0411. The van der Waals surface area contributed by atoms with Gasteiger partial charge in [-0.3, -0.25) is 14.4 Å². The number of allylic oxidation sites excluding steroid dienone is 4. The van der Waals surface area contributed by atoms with Crippen molar-refractivity contribution in [2.45, 2.75) is 82.8 Å². The van der Waals surface area contributed by atoms with Crippen LogP contribution in [0.25, 0.3) is 0 Å². The van der Waals surface area contributed by atoms with E-state index in [2.05, 4.69) is 0 Å². The number of ketones is 2. The van der Waals surface area contributed by atoms with Crippen molar-refractivity contribution in [3.63, 3.8) is 0 Å². The highest BCUT2D eigenvalue weighted by Gasteiger charge is 2.76. The predicted octanol–water partition coefficient (Wildman–Crippen LogP) is 3.81. The van der Waals surface area contributed by atoms with Crippen LogP contribution in [-0.4, -0.2) is 50.9 Å². The largest absolute Gasteiger partial charge is 0.450 e. The Bertz CT molecular complexity index is 992. The van der Waals surface area contributed by atoms with Gasteiger partial charge in [0.25, 0.3) is 0 Å². The molecule has 3 fully saturated rings. The van der Waals surface area contributed by atoms with Crippen molar-refractivity contribution in [1.29, 1.82) is 0 Å². The lowest BCUT2D eigenvalue weighted by Crippen LogP contribution is -2.69. The fraction of sp³-hybridized carbons (Fsp3) is 0.731. The van der Waals surface area contributed by atoms with Crippen molar-refractivity contribution in [2.24, 2.45) is 28.6 Å². The summed E-state index contributed by atoms with van der Waals surface area (Å²) in [6.45, 7) is 6.52. The Kier molecular flexibility index (Phi) is 6.19. The number of aliphatic hydroxyl groups excluding tert-OH is 2. The Morgan fingerprint density at radius 1 is 1.29 bits per heavy atom. The van der Waals surface area contributed by atoms with Gasteiger partial charge in [-0.1, -0.05) is 33.8 Å². The Labute approximate surface area is 204 Å². The zero-order chi connectivity index (χ0) is 25.3. The number of ether oxygens (including phenoxy) is 1. The molecule has 3 saturated carbocycles. The molecule has 2 N–H and O–H groups in total. The molecule has 4 aliphatic rings. The van der Waals surface area contributed by atoms with Crippen LogP contribution in [0.3, 0.4) is 0 Å². The maximum Gasteiger partial charge on any atom is 0.306 e. The molecule has 34 heavy (non-hydrogen) atoms. The first-order chi connectivity index (χ1) is 15.8. The Morgan fingerprint density at radius 2 is 1.97 bits per heavy atom. The number of Topliss-reactive ketones (excluding diaryl/α,β-unsaturated/α-hetero) is 1. The summed E-state index contributed by atoms with van der Waals surface area (Å²) in [5.41, 5.74) is -3.32. The van der Waals surface area contributed by atoms with Crippen molar-refractivity contribution in [1.82, 2.24) is 0 Å². The van der Waals surface area contributed by atoms with Gasteiger partial charge in [-0.05, 0) is 55.6 Å². The summed E-state index contributed by atoms with van der Waals surface area (Å²) in [5.74, 6) is -3.52. The van der Waals surface area contributed by atoms with Gasteiger partial charge in [0.2, 0.25) is 11.6 Å². The fourth-order valence-electron chi connectivity index (χ4n) is 8.03. The third-order valence-electron chi connectivity index (χ3n) is 9.56. The molecule has 0 amide bonds. The van der Waals surface area contributed by atoms with Crippen molar-refractivity contribution in [3.05, 3.63) is 23.6 Å². The van der Waals surface area contributed by atoms with Crippen LogP contribution >= 0.6 is 11.6 Å². The molecular formula is C26H34ClFO6. The van der Waals surface area contributed by atoms with Gasteiger partial charge in [0.15, 0.2) is 11.4 Å². The van der Waals surface area contributed by atoms with Crippen LogP contribution in [0, 0.1) is 28.6 Å². The van der Waals surface area contributed by atoms with Crippen LogP contribution in [0.5, 0.6) is 0 Å². The second kappa shape index (κ2) is 8.24. The first-order valence-corrected chi connectivity index (χ1v) is 12.6. The van der Waals surface area contributed by atoms with Gasteiger partial charge in [0.05, 0.1) is 11.0 Å². The standard InChI is InChI=1S/C26H34ClFO6/c1-5-6-21(33)34-26(20(32)13-29)14(2)11-17-15-7-8-16-22(28)18(30)9-10-23(16,3)25(15,27)19(31)12-24(17,26)4/h9-10,14-15,17,19,29,31H,5-8,11-13H2,1-4H3/t14-,15+,17+,19+,23+,24+,25+,26-/m1/s1. The van der Waals surface area contributed by atoms with E-state index in [9.17, 15) is 29.0 Å². The molecule has 0 aromatic rings. The maximum atomic E-state index is 14.9. The van der Waals surface area contributed by atoms with Gasteiger partial charge in [-0.2, -0.15) is 0 Å². The third-order valence-corrected chi connectivity index (χ3v) is 10.5. The smallest absolute Gasteiger partial charge is 0.306 e. The number of fused-ring (bicyclic) bond motifs is 5. The van der Waals surface area contributed by atoms with Gasteiger partial charge in [0.1, 0.15) is 6.61 Å². The maximum absolute atomic E-state index is 14.9. The Balaban J connectivity index is 1.85. The number of carbonyl (C=O) groups is 3. The summed E-state index contributed by atoms with van der Waals surface area (Å²) in [7, 11) is 0. The van der Waals surface area contributed by atoms with Crippen LogP contribution in [0.1, 0.15) is 66.2 Å². The molecule has 0 aromatic heterocycles. The molecule has 0 aliphatic heterocycles. The van der Waals surface area contributed by atoms with Gasteiger partial charge < -0.3 is 14.9 Å². The van der Waals surface area contributed by atoms with Crippen molar-refractivity contribution >= 4 is 29.1 Å². The number of hydrogen-bond donors (Lipinski definition) is 2. The summed E-state index contributed by atoms with van der Waals surface area (Å²) in [6, 6.07) is 0. The number of halogens is 2. The summed E-state index contributed by atoms with van der Waals surface area (Å²) in [5, 5.41) is 21.5. The lowest BCUT2D eigenvalue weighted by molar-refractivity contribution is -0.203. The van der Waals surface area contributed by atoms with Gasteiger partial charge in [-0.25, -0.2) is 4.39 Å². The predicted molar refractivity (Wildman–Crippen MR) is 124 cm³/mol. The third kappa shape index (κ3) is 2.96. The number of rotatable bonds is 5. The molecular weight excluding hydrogens is 463 g/mol. The molecule has 0 bridgehead atoms. The van der Waals surface area contributed by atoms with E-state index in [1.807, 2.05) is 20.8 Å². The van der Waals surface area contributed by atoms with Gasteiger partial charge in [-0.15, -0.1) is 11.6 Å². The van der Waals surface area contributed by atoms with E-state index < -0.39 is 63.3 Å². The fourth-order valence-corrected chi connectivity index (χ4v) is 8.55. The van der Waals surface area contributed by atoms with Crippen molar-refractivity contribution in [2.75, 3.05) is 6.61 Å². The molecule has 0 heterocycles. The Hall–Kier alpha value is -1.57. The SMILES string of the molecule is CCCC(=O)O[C@@]1(C(=O)CO)[C@H](C)C[C@H]2[C@@H]3CCC4=C(F)C(=O)C=C[C@]4(C)[C@@]3(Cl)[C@@H](O)C[C@@]21C. The highest BCUT2D eigenvalue weighted by Crippen LogP contribution is 2.72. The summed E-state index contributed by atoms with van der Waals surface area (Å²) in [4.78, 5) is 36.7. The molecule has 0 unspecified atom stereocenters. The zero-order valence-electron chi connectivity index (χ0n) is 20.2.